The second kappa shape index (κ2) is 5.83. The molecule has 0 amide bonds. The molecule has 7 rings (SSSR count). The van der Waals surface area contributed by atoms with Gasteiger partial charge in [0.15, 0.2) is 17.9 Å². The fourth-order valence-electron chi connectivity index (χ4n) is 5.57. The smallest absolute Gasteiger partial charge is 0.190 e. The van der Waals surface area contributed by atoms with Crippen molar-refractivity contribution in [3.63, 3.8) is 0 Å². The van der Waals surface area contributed by atoms with E-state index in [0.29, 0.717) is 6.04 Å². The summed E-state index contributed by atoms with van der Waals surface area (Å²) < 4.78 is 2.48. The summed E-state index contributed by atoms with van der Waals surface area (Å²) in [5, 5.41) is 0. The van der Waals surface area contributed by atoms with Gasteiger partial charge < -0.3 is 0 Å². The molecule has 2 bridgehead atoms. The largest absolute Gasteiger partial charge is 0.265 e. The minimum Gasteiger partial charge on any atom is -0.265 e. The van der Waals surface area contributed by atoms with Crippen LogP contribution in [0.2, 0.25) is 0 Å². The highest BCUT2D eigenvalue weighted by Gasteiger charge is 2.59. The predicted molar refractivity (Wildman–Crippen MR) is 107 cm³/mol. The van der Waals surface area contributed by atoms with Crippen molar-refractivity contribution in [1.29, 1.82) is 0 Å². The molecule has 2 aliphatic heterocycles. The molecule has 2 unspecified atom stereocenters. The minimum absolute atomic E-state index is 0.133. The van der Waals surface area contributed by atoms with Crippen molar-refractivity contribution in [2.45, 2.75) is 23.8 Å². The van der Waals surface area contributed by atoms with Crippen LogP contribution in [0.3, 0.4) is 0 Å². The standard InChI is InChI=1S/C25H20N3/c1-2-6-21-20(5-1)23-17-25(18-8-12-26-13-9-18,19-10-14-27-15-11-19)24(21)22-7-3-4-16-28(22)23/h1-16,23-24H,17H2/q+1. The zero-order chi connectivity index (χ0) is 18.6. The van der Waals surface area contributed by atoms with Crippen LogP contribution in [0.15, 0.2) is 97.7 Å². The summed E-state index contributed by atoms with van der Waals surface area (Å²) in [5.74, 6) is 0.250. The number of aromatic nitrogens is 3. The quantitative estimate of drug-likeness (QED) is 0.501. The van der Waals surface area contributed by atoms with Crippen LogP contribution < -0.4 is 4.57 Å². The number of benzene rings is 1. The highest BCUT2D eigenvalue weighted by atomic mass is 15.0. The van der Waals surface area contributed by atoms with Gasteiger partial charge in [-0.05, 0) is 41.0 Å². The van der Waals surface area contributed by atoms with Gasteiger partial charge in [0.2, 0.25) is 0 Å². The van der Waals surface area contributed by atoms with Crippen molar-refractivity contribution in [3.8, 4) is 0 Å². The lowest BCUT2D eigenvalue weighted by Crippen LogP contribution is -2.60. The predicted octanol–water partition coefficient (Wildman–Crippen LogP) is 4.19. The number of hydrogen-bond acceptors (Lipinski definition) is 2. The lowest BCUT2D eigenvalue weighted by molar-refractivity contribution is -0.732. The Labute approximate surface area is 164 Å². The lowest BCUT2D eigenvalue weighted by atomic mass is 9.53. The highest BCUT2D eigenvalue weighted by Crippen LogP contribution is 2.59. The Balaban J connectivity index is 1.73. The molecular formula is C25H20N3+. The van der Waals surface area contributed by atoms with Crippen LogP contribution in [0.5, 0.6) is 0 Å². The highest BCUT2D eigenvalue weighted by molar-refractivity contribution is 5.54. The third-order valence-corrected chi connectivity index (χ3v) is 6.62. The molecule has 3 heteroatoms. The van der Waals surface area contributed by atoms with Gasteiger partial charge in [-0.2, -0.15) is 4.57 Å². The summed E-state index contributed by atoms with van der Waals surface area (Å²) in [6.07, 6.45) is 11.0. The summed E-state index contributed by atoms with van der Waals surface area (Å²) >= 11 is 0. The molecule has 0 saturated heterocycles. The van der Waals surface area contributed by atoms with E-state index in [1.165, 1.54) is 27.9 Å². The molecule has 1 aliphatic carbocycles. The van der Waals surface area contributed by atoms with E-state index >= 15 is 0 Å². The van der Waals surface area contributed by atoms with Gasteiger partial charge >= 0.3 is 0 Å². The van der Waals surface area contributed by atoms with Crippen molar-refractivity contribution >= 4 is 0 Å². The maximum Gasteiger partial charge on any atom is 0.190 e. The van der Waals surface area contributed by atoms with E-state index < -0.39 is 0 Å². The van der Waals surface area contributed by atoms with E-state index in [4.69, 9.17) is 0 Å². The molecule has 28 heavy (non-hydrogen) atoms. The van der Waals surface area contributed by atoms with E-state index in [2.05, 4.69) is 87.5 Å². The number of hydrogen-bond donors (Lipinski definition) is 0. The van der Waals surface area contributed by atoms with Crippen molar-refractivity contribution in [2.75, 3.05) is 0 Å². The lowest BCUT2D eigenvalue weighted by Gasteiger charge is -2.49. The van der Waals surface area contributed by atoms with Gasteiger partial charge in [0.1, 0.15) is 0 Å². The molecule has 5 heterocycles. The van der Waals surface area contributed by atoms with Gasteiger partial charge in [-0.15, -0.1) is 0 Å². The molecule has 0 N–H and O–H groups in total. The SMILES string of the molecule is c1ccc2c(c1)C1CC(c3ccncc3)(c3ccncc3)C2c2cccc[n+]21. The Morgan fingerprint density at radius 3 is 2.00 bits per heavy atom. The molecular weight excluding hydrogens is 342 g/mol. The van der Waals surface area contributed by atoms with Crippen LogP contribution in [0.4, 0.5) is 0 Å². The normalized spacial score (nSPS) is 21.0. The number of nitrogens with zero attached hydrogens (tertiary/aromatic N) is 3. The molecule has 3 aliphatic rings. The van der Waals surface area contributed by atoms with Gasteiger partial charge in [-0.1, -0.05) is 30.3 Å². The monoisotopic (exact) mass is 362 g/mol. The zero-order valence-electron chi connectivity index (χ0n) is 15.4. The second-order valence-corrected chi connectivity index (χ2v) is 7.76. The molecule has 134 valence electrons. The van der Waals surface area contributed by atoms with E-state index in [9.17, 15) is 0 Å². The minimum atomic E-state index is -0.133. The third kappa shape index (κ3) is 1.96. The average Bonchev–Trinajstić information content (AvgIpc) is 2.80. The first-order valence-corrected chi connectivity index (χ1v) is 9.79. The molecule has 0 radical (unpaired) electrons. The maximum absolute atomic E-state index is 4.30. The molecule has 4 aromatic rings. The zero-order valence-corrected chi connectivity index (χ0v) is 15.4. The summed E-state index contributed by atoms with van der Waals surface area (Å²) in [4.78, 5) is 8.60. The van der Waals surface area contributed by atoms with Crippen molar-refractivity contribution < 1.29 is 4.57 Å². The summed E-state index contributed by atoms with van der Waals surface area (Å²) in [6, 6.07) is 24.7. The molecule has 0 spiro atoms. The van der Waals surface area contributed by atoms with E-state index in [-0.39, 0.29) is 11.3 Å². The van der Waals surface area contributed by atoms with Crippen molar-refractivity contribution in [2.24, 2.45) is 0 Å². The van der Waals surface area contributed by atoms with Gasteiger partial charge in [0.25, 0.3) is 0 Å². The van der Waals surface area contributed by atoms with Crippen LogP contribution in [0.25, 0.3) is 0 Å². The van der Waals surface area contributed by atoms with Crippen molar-refractivity contribution in [1.82, 2.24) is 9.97 Å². The molecule has 1 aromatic carbocycles. The Morgan fingerprint density at radius 2 is 1.32 bits per heavy atom. The fraction of sp³-hybridized carbons (Fsp3) is 0.160. The first kappa shape index (κ1) is 15.7. The Bertz CT molecular complexity index is 1070. The summed E-state index contributed by atoms with van der Waals surface area (Å²) in [6.45, 7) is 0. The van der Waals surface area contributed by atoms with Gasteiger partial charge in [-0.25, -0.2) is 0 Å². The van der Waals surface area contributed by atoms with Gasteiger partial charge in [-0.3, -0.25) is 9.97 Å². The maximum atomic E-state index is 4.30. The fourth-order valence-corrected chi connectivity index (χ4v) is 5.57. The molecule has 0 fully saturated rings. The first-order valence-electron chi connectivity index (χ1n) is 9.79. The van der Waals surface area contributed by atoms with Crippen LogP contribution in [-0.4, -0.2) is 9.97 Å². The molecule has 3 nitrogen and oxygen atoms in total. The van der Waals surface area contributed by atoms with Crippen LogP contribution >= 0.6 is 0 Å². The van der Waals surface area contributed by atoms with E-state index in [1.54, 1.807) is 0 Å². The first-order chi connectivity index (χ1) is 13.9. The Morgan fingerprint density at radius 1 is 0.714 bits per heavy atom. The third-order valence-electron chi connectivity index (χ3n) is 6.62. The van der Waals surface area contributed by atoms with Gasteiger partial charge in [0.05, 0.1) is 5.92 Å². The number of rotatable bonds is 2. The number of pyridine rings is 3. The molecule has 0 saturated carbocycles. The Kier molecular flexibility index (Phi) is 3.27. The van der Waals surface area contributed by atoms with Gasteiger partial charge in [0, 0.05) is 54.3 Å². The van der Waals surface area contributed by atoms with E-state index in [0.717, 1.165) is 6.42 Å². The topological polar surface area (TPSA) is 29.7 Å². The second-order valence-electron chi connectivity index (χ2n) is 7.76. The summed E-state index contributed by atoms with van der Waals surface area (Å²) in [7, 11) is 0. The number of fused-ring (bicyclic) bond motifs is 1. The molecule has 2 atom stereocenters. The molecule has 3 aromatic heterocycles. The summed E-state index contributed by atoms with van der Waals surface area (Å²) in [5.41, 5.74) is 6.80. The van der Waals surface area contributed by atoms with Crippen LogP contribution in [0.1, 0.15) is 46.3 Å². The van der Waals surface area contributed by atoms with Crippen LogP contribution in [-0.2, 0) is 5.41 Å². The average molecular weight is 362 g/mol. The van der Waals surface area contributed by atoms with Crippen molar-refractivity contribution in [3.05, 3.63) is 126 Å². The van der Waals surface area contributed by atoms with Crippen LogP contribution in [0, 0.1) is 0 Å². The van der Waals surface area contributed by atoms with E-state index in [1.807, 2.05) is 24.8 Å². The Hall–Kier alpha value is -3.33.